The van der Waals surface area contributed by atoms with E-state index in [1.54, 1.807) is 4.90 Å². The number of piperidine rings is 1. The van der Waals surface area contributed by atoms with Gasteiger partial charge in [-0.15, -0.1) is 10.2 Å². The molecule has 17 heavy (non-hydrogen) atoms. The lowest BCUT2D eigenvalue weighted by atomic mass is 9.97. The van der Waals surface area contributed by atoms with E-state index in [-0.39, 0.29) is 27.2 Å². The molecule has 2 amide bonds. The Hall–Kier alpha value is -1.21. The molecule has 0 aliphatic carbocycles. The van der Waals surface area contributed by atoms with Crippen molar-refractivity contribution in [2.24, 2.45) is 11.7 Å². The number of primary amides is 1. The molecule has 1 atom stereocenters. The van der Waals surface area contributed by atoms with Crippen LogP contribution in [0.2, 0.25) is 4.47 Å². The number of nitrogens with two attached hydrogens (primary N) is 1. The maximum atomic E-state index is 12.0. The second kappa shape index (κ2) is 4.97. The molecule has 6 nitrogen and oxygen atoms in total. The first-order chi connectivity index (χ1) is 8.08. The molecule has 92 valence electrons. The maximum absolute atomic E-state index is 12.0. The highest BCUT2D eigenvalue weighted by Crippen LogP contribution is 2.21. The summed E-state index contributed by atoms with van der Waals surface area (Å²) < 4.78 is 0.233. The van der Waals surface area contributed by atoms with E-state index >= 15 is 0 Å². The number of carbonyl (C=O) groups excluding carboxylic acids is 2. The van der Waals surface area contributed by atoms with Gasteiger partial charge in [0.2, 0.25) is 15.4 Å². The molecule has 1 unspecified atom stereocenters. The number of hydrogen-bond acceptors (Lipinski definition) is 5. The quantitative estimate of drug-likeness (QED) is 0.852. The van der Waals surface area contributed by atoms with Crippen molar-refractivity contribution in [3.8, 4) is 0 Å². The number of halogens is 1. The van der Waals surface area contributed by atoms with Gasteiger partial charge >= 0.3 is 0 Å². The minimum atomic E-state index is -0.363. The second-order valence-corrected chi connectivity index (χ2v) is 5.41. The van der Waals surface area contributed by atoms with Crippen LogP contribution in [0.5, 0.6) is 0 Å². The van der Waals surface area contributed by atoms with Crippen molar-refractivity contribution in [3.05, 3.63) is 9.47 Å². The van der Waals surface area contributed by atoms with E-state index in [1.165, 1.54) is 0 Å². The van der Waals surface area contributed by atoms with Crippen LogP contribution < -0.4 is 5.73 Å². The van der Waals surface area contributed by atoms with Gasteiger partial charge in [-0.1, -0.05) is 11.3 Å². The highest BCUT2D eigenvalue weighted by molar-refractivity contribution is 7.17. The molecule has 1 aromatic rings. The summed E-state index contributed by atoms with van der Waals surface area (Å²) in [5, 5.41) is 7.52. The lowest BCUT2D eigenvalue weighted by Crippen LogP contribution is -2.44. The van der Waals surface area contributed by atoms with Crippen molar-refractivity contribution in [2.75, 3.05) is 13.1 Å². The summed E-state index contributed by atoms with van der Waals surface area (Å²) >= 11 is 6.66. The smallest absolute Gasteiger partial charge is 0.284 e. The third-order valence-corrected chi connectivity index (χ3v) is 3.70. The average Bonchev–Trinajstić information content (AvgIpc) is 2.75. The Morgan fingerprint density at radius 3 is 2.82 bits per heavy atom. The molecular weight excluding hydrogens is 264 g/mol. The SMILES string of the molecule is NC(=O)C1CCCN(C(=O)c2nnc(Cl)s2)C1. The van der Waals surface area contributed by atoms with E-state index in [1.807, 2.05) is 0 Å². The molecule has 2 rings (SSSR count). The van der Waals surface area contributed by atoms with Gasteiger partial charge in [0.05, 0.1) is 5.92 Å². The third kappa shape index (κ3) is 2.73. The summed E-state index contributed by atoms with van der Waals surface area (Å²) in [7, 11) is 0. The monoisotopic (exact) mass is 274 g/mol. The zero-order chi connectivity index (χ0) is 12.4. The molecule has 0 spiro atoms. The summed E-state index contributed by atoms with van der Waals surface area (Å²) in [6.45, 7) is 0.963. The summed E-state index contributed by atoms with van der Waals surface area (Å²) in [6, 6.07) is 0. The Morgan fingerprint density at radius 2 is 2.24 bits per heavy atom. The second-order valence-electron chi connectivity index (χ2n) is 3.85. The first-order valence-corrected chi connectivity index (χ1v) is 6.35. The minimum absolute atomic E-state index is 0.233. The molecule has 1 saturated heterocycles. The van der Waals surface area contributed by atoms with Crippen LogP contribution in [0, 0.1) is 5.92 Å². The molecule has 1 aliphatic heterocycles. The lowest BCUT2D eigenvalue weighted by molar-refractivity contribution is -0.123. The van der Waals surface area contributed by atoms with Crippen molar-refractivity contribution >= 4 is 34.8 Å². The van der Waals surface area contributed by atoms with E-state index in [9.17, 15) is 9.59 Å². The Labute approximate surface area is 107 Å². The van der Waals surface area contributed by atoms with Gasteiger partial charge in [-0.2, -0.15) is 0 Å². The molecule has 0 radical (unpaired) electrons. The van der Waals surface area contributed by atoms with Crippen LogP contribution in [0.4, 0.5) is 0 Å². The van der Waals surface area contributed by atoms with Crippen molar-refractivity contribution in [1.82, 2.24) is 15.1 Å². The van der Waals surface area contributed by atoms with Gasteiger partial charge in [-0.05, 0) is 24.4 Å². The molecule has 1 aliphatic rings. The number of nitrogens with zero attached hydrogens (tertiary/aromatic N) is 3. The molecule has 2 heterocycles. The van der Waals surface area contributed by atoms with E-state index in [4.69, 9.17) is 17.3 Å². The van der Waals surface area contributed by atoms with Crippen molar-refractivity contribution in [1.29, 1.82) is 0 Å². The zero-order valence-corrected chi connectivity index (χ0v) is 10.5. The first kappa shape index (κ1) is 12.3. The van der Waals surface area contributed by atoms with Crippen LogP contribution >= 0.6 is 22.9 Å². The first-order valence-electron chi connectivity index (χ1n) is 5.15. The zero-order valence-electron chi connectivity index (χ0n) is 8.93. The van der Waals surface area contributed by atoms with E-state index in [2.05, 4.69) is 10.2 Å². The summed E-state index contributed by atoms with van der Waals surface area (Å²) in [5.41, 5.74) is 5.25. The van der Waals surface area contributed by atoms with E-state index < -0.39 is 0 Å². The topological polar surface area (TPSA) is 89.2 Å². The Morgan fingerprint density at radius 1 is 1.47 bits per heavy atom. The third-order valence-electron chi connectivity index (χ3n) is 2.69. The number of carbonyl (C=O) groups is 2. The molecule has 0 saturated carbocycles. The van der Waals surface area contributed by atoms with Gasteiger partial charge in [0, 0.05) is 13.1 Å². The van der Waals surface area contributed by atoms with Crippen LogP contribution in [-0.4, -0.2) is 40.0 Å². The molecule has 1 aromatic heterocycles. The van der Waals surface area contributed by atoms with E-state index in [0.29, 0.717) is 13.1 Å². The largest absolute Gasteiger partial charge is 0.369 e. The van der Waals surface area contributed by atoms with Crippen molar-refractivity contribution in [3.63, 3.8) is 0 Å². The fraction of sp³-hybridized carbons (Fsp3) is 0.556. The Bertz CT molecular complexity index is 450. The molecule has 2 N–H and O–H groups in total. The summed E-state index contributed by atoms with van der Waals surface area (Å²) in [6.07, 6.45) is 1.50. The fourth-order valence-electron chi connectivity index (χ4n) is 1.82. The normalized spacial score (nSPS) is 20.3. The Kier molecular flexibility index (Phi) is 3.58. The highest BCUT2D eigenvalue weighted by Gasteiger charge is 2.29. The van der Waals surface area contributed by atoms with Crippen molar-refractivity contribution < 1.29 is 9.59 Å². The number of aromatic nitrogens is 2. The molecule has 0 aromatic carbocycles. The molecular formula is C9H11ClN4O2S. The van der Waals surface area contributed by atoms with Gasteiger partial charge in [0.15, 0.2) is 0 Å². The predicted molar refractivity (Wildman–Crippen MR) is 62.7 cm³/mol. The van der Waals surface area contributed by atoms with Crippen LogP contribution in [0.3, 0.4) is 0 Å². The average molecular weight is 275 g/mol. The van der Waals surface area contributed by atoms with Crippen LogP contribution in [0.15, 0.2) is 0 Å². The Balaban J connectivity index is 2.07. The fourth-order valence-corrected chi connectivity index (χ4v) is 2.62. The lowest BCUT2D eigenvalue weighted by Gasteiger charge is -2.30. The molecule has 0 bridgehead atoms. The minimum Gasteiger partial charge on any atom is -0.369 e. The van der Waals surface area contributed by atoms with Gasteiger partial charge < -0.3 is 10.6 Å². The van der Waals surface area contributed by atoms with Crippen LogP contribution in [-0.2, 0) is 4.79 Å². The summed E-state index contributed by atoms with van der Waals surface area (Å²) in [5.74, 6) is -0.866. The molecule has 8 heteroatoms. The van der Waals surface area contributed by atoms with Gasteiger partial charge in [-0.3, -0.25) is 9.59 Å². The number of rotatable bonds is 2. The molecule has 1 fully saturated rings. The number of amides is 2. The standard InChI is InChI=1S/C9H11ClN4O2S/c10-9-13-12-7(17-9)8(16)14-3-1-2-5(4-14)6(11)15/h5H,1-4H2,(H2,11,15). The van der Waals surface area contributed by atoms with E-state index in [0.717, 1.165) is 24.2 Å². The van der Waals surface area contributed by atoms with Crippen LogP contribution in [0.1, 0.15) is 22.6 Å². The summed E-state index contributed by atoms with van der Waals surface area (Å²) in [4.78, 5) is 24.7. The maximum Gasteiger partial charge on any atom is 0.284 e. The number of likely N-dealkylation sites (tertiary alicyclic amines) is 1. The van der Waals surface area contributed by atoms with Gasteiger partial charge in [0.25, 0.3) is 5.91 Å². The van der Waals surface area contributed by atoms with Gasteiger partial charge in [-0.25, -0.2) is 0 Å². The number of hydrogen-bond donors (Lipinski definition) is 1. The van der Waals surface area contributed by atoms with Crippen LogP contribution in [0.25, 0.3) is 0 Å². The van der Waals surface area contributed by atoms with Gasteiger partial charge in [0.1, 0.15) is 0 Å². The van der Waals surface area contributed by atoms with Crippen molar-refractivity contribution in [2.45, 2.75) is 12.8 Å². The predicted octanol–water partition coefficient (Wildman–Crippen LogP) is 0.529. The highest BCUT2D eigenvalue weighted by atomic mass is 35.5.